The molecule has 0 bridgehead atoms. The average Bonchev–Trinajstić information content (AvgIpc) is 2.46. The Bertz CT molecular complexity index is 285. The summed E-state index contributed by atoms with van der Waals surface area (Å²) in [4.78, 5) is 4.15. The Morgan fingerprint density at radius 2 is 1.37 bits per heavy atom. The Morgan fingerprint density at radius 3 is 1.89 bits per heavy atom. The van der Waals surface area contributed by atoms with Crippen LogP contribution in [0.5, 0.6) is 0 Å². The van der Waals surface area contributed by atoms with Gasteiger partial charge in [-0.15, -0.1) is 0 Å². The van der Waals surface area contributed by atoms with Gasteiger partial charge in [0.15, 0.2) is 0 Å². The fraction of sp³-hybridized carbons (Fsp3) is 0.706. The summed E-state index contributed by atoms with van der Waals surface area (Å²) in [6.07, 6.45) is 18.6. The van der Waals surface area contributed by atoms with Crippen molar-refractivity contribution >= 4 is 0 Å². The lowest BCUT2D eigenvalue weighted by Crippen LogP contribution is -1.97. The molecular formula is C17H30N2. The van der Waals surface area contributed by atoms with Crippen molar-refractivity contribution < 1.29 is 0 Å². The van der Waals surface area contributed by atoms with Crippen LogP contribution < -0.4 is 5.73 Å². The smallest absolute Gasteiger partial charge is 0.0299 e. The van der Waals surface area contributed by atoms with E-state index in [1.165, 1.54) is 76.2 Å². The summed E-state index contributed by atoms with van der Waals surface area (Å²) in [7, 11) is 0. The third-order valence-electron chi connectivity index (χ3n) is 3.64. The number of nitrogens with zero attached hydrogens (tertiary/aromatic N) is 1. The molecule has 0 unspecified atom stereocenters. The lowest BCUT2D eigenvalue weighted by Gasteiger charge is -2.03. The van der Waals surface area contributed by atoms with E-state index < -0.39 is 0 Å². The molecule has 0 aromatic carbocycles. The zero-order chi connectivity index (χ0) is 13.6. The van der Waals surface area contributed by atoms with Crippen LogP contribution in [-0.4, -0.2) is 11.5 Å². The Morgan fingerprint density at radius 1 is 0.789 bits per heavy atom. The van der Waals surface area contributed by atoms with Gasteiger partial charge in [-0.25, -0.2) is 0 Å². The molecule has 108 valence electrons. The van der Waals surface area contributed by atoms with E-state index in [2.05, 4.69) is 11.1 Å². The summed E-state index contributed by atoms with van der Waals surface area (Å²) in [5.41, 5.74) is 6.85. The predicted molar refractivity (Wildman–Crippen MR) is 83.2 cm³/mol. The zero-order valence-electron chi connectivity index (χ0n) is 12.3. The normalized spacial score (nSPS) is 10.8. The van der Waals surface area contributed by atoms with Gasteiger partial charge in [-0.3, -0.25) is 4.98 Å². The van der Waals surface area contributed by atoms with E-state index in [4.69, 9.17) is 5.73 Å². The van der Waals surface area contributed by atoms with E-state index in [1.54, 1.807) is 0 Å². The summed E-state index contributed by atoms with van der Waals surface area (Å²) in [5.74, 6) is 0. The second-order valence-corrected chi connectivity index (χ2v) is 5.44. The number of aryl methyl sites for hydroxylation is 1. The van der Waals surface area contributed by atoms with Crippen molar-refractivity contribution in [2.24, 2.45) is 5.73 Å². The fourth-order valence-electron chi connectivity index (χ4n) is 2.43. The molecule has 19 heavy (non-hydrogen) atoms. The van der Waals surface area contributed by atoms with E-state index in [9.17, 15) is 0 Å². The molecule has 1 aromatic heterocycles. The molecule has 0 spiro atoms. The predicted octanol–water partition coefficient (Wildman–Crippen LogP) is 4.48. The molecule has 0 saturated heterocycles. The van der Waals surface area contributed by atoms with Crippen LogP contribution in [0.25, 0.3) is 0 Å². The fourth-order valence-corrected chi connectivity index (χ4v) is 2.43. The van der Waals surface area contributed by atoms with Crippen LogP contribution in [-0.2, 0) is 6.42 Å². The Labute approximate surface area is 118 Å². The molecule has 0 aliphatic heterocycles. The molecular weight excluding hydrogens is 232 g/mol. The SMILES string of the molecule is NCCCCCCCCCCCCc1cccnc1. The van der Waals surface area contributed by atoms with Gasteiger partial charge in [-0.1, -0.05) is 57.4 Å². The molecule has 2 nitrogen and oxygen atoms in total. The number of aromatic nitrogens is 1. The van der Waals surface area contributed by atoms with E-state index in [0.717, 1.165) is 6.54 Å². The summed E-state index contributed by atoms with van der Waals surface area (Å²) in [6.45, 7) is 0.858. The molecule has 1 rings (SSSR count). The number of hydrogen-bond donors (Lipinski definition) is 1. The summed E-state index contributed by atoms with van der Waals surface area (Å²) >= 11 is 0. The molecule has 0 aliphatic rings. The van der Waals surface area contributed by atoms with E-state index in [1.807, 2.05) is 18.5 Å². The molecule has 1 heterocycles. The molecule has 0 aliphatic carbocycles. The van der Waals surface area contributed by atoms with E-state index in [-0.39, 0.29) is 0 Å². The minimum Gasteiger partial charge on any atom is -0.330 e. The number of unbranched alkanes of at least 4 members (excludes halogenated alkanes) is 9. The van der Waals surface area contributed by atoms with Crippen molar-refractivity contribution in [3.63, 3.8) is 0 Å². The number of hydrogen-bond acceptors (Lipinski definition) is 2. The van der Waals surface area contributed by atoms with Gasteiger partial charge in [0.1, 0.15) is 0 Å². The third-order valence-corrected chi connectivity index (χ3v) is 3.64. The first-order valence-corrected chi connectivity index (χ1v) is 8.02. The van der Waals surface area contributed by atoms with Crippen molar-refractivity contribution in [3.05, 3.63) is 30.1 Å². The molecule has 1 aromatic rings. The van der Waals surface area contributed by atoms with E-state index >= 15 is 0 Å². The highest BCUT2D eigenvalue weighted by atomic mass is 14.6. The van der Waals surface area contributed by atoms with Gasteiger partial charge in [0.2, 0.25) is 0 Å². The average molecular weight is 262 g/mol. The van der Waals surface area contributed by atoms with Crippen LogP contribution in [0.1, 0.15) is 69.8 Å². The lowest BCUT2D eigenvalue weighted by atomic mass is 10.0. The summed E-state index contributed by atoms with van der Waals surface area (Å²) < 4.78 is 0. The number of pyridine rings is 1. The Kier molecular flexibility index (Phi) is 10.3. The van der Waals surface area contributed by atoms with Crippen LogP contribution in [0.2, 0.25) is 0 Å². The highest BCUT2D eigenvalue weighted by Crippen LogP contribution is 2.11. The second kappa shape index (κ2) is 12.2. The summed E-state index contributed by atoms with van der Waals surface area (Å²) in [6, 6.07) is 4.20. The maximum Gasteiger partial charge on any atom is 0.0299 e. The molecule has 2 heteroatoms. The van der Waals surface area contributed by atoms with Crippen LogP contribution in [0.15, 0.2) is 24.5 Å². The zero-order valence-corrected chi connectivity index (χ0v) is 12.3. The summed E-state index contributed by atoms with van der Waals surface area (Å²) in [5, 5.41) is 0. The lowest BCUT2D eigenvalue weighted by molar-refractivity contribution is 0.553. The van der Waals surface area contributed by atoms with Crippen LogP contribution in [0.4, 0.5) is 0 Å². The topological polar surface area (TPSA) is 38.9 Å². The van der Waals surface area contributed by atoms with Gasteiger partial charge < -0.3 is 5.73 Å². The van der Waals surface area contributed by atoms with Crippen molar-refractivity contribution in [1.82, 2.24) is 4.98 Å². The maximum atomic E-state index is 5.48. The Hall–Kier alpha value is -0.890. The largest absolute Gasteiger partial charge is 0.330 e. The van der Waals surface area contributed by atoms with Gasteiger partial charge in [0, 0.05) is 12.4 Å². The van der Waals surface area contributed by atoms with Gasteiger partial charge >= 0.3 is 0 Å². The Balaban J connectivity index is 1.79. The van der Waals surface area contributed by atoms with Gasteiger partial charge in [-0.05, 0) is 37.4 Å². The van der Waals surface area contributed by atoms with Crippen molar-refractivity contribution in [3.8, 4) is 0 Å². The van der Waals surface area contributed by atoms with Crippen molar-refractivity contribution in [2.45, 2.75) is 70.6 Å². The molecule has 0 amide bonds. The first kappa shape index (κ1) is 16.2. The van der Waals surface area contributed by atoms with Crippen LogP contribution in [0.3, 0.4) is 0 Å². The van der Waals surface area contributed by atoms with E-state index in [0.29, 0.717) is 0 Å². The van der Waals surface area contributed by atoms with Crippen molar-refractivity contribution in [1.29, 1.82) is 0 Å². The second-order valence-electron chi connectivity index (χ2n) is 5.44. The number of rotatable bonds is 12. The molecule has 0 fully saturated rings. The highest BCUT2D eigenvalue weighted by molar-refractivity contribution is 5.08. The third kappa shape index (κ3) is 9.66. The monoisotopic (exact) mass is 262 g/mol. The molecule has 0 atom stereocenters. The number of nitrogens with two attached hydrogens (primary N) is 1. The minimum absolute atomic E-state index is 0.858. The van der Waals surface area contributed by atoms with Gasteiger partial charge in [0.25, 0.3) is 0 Å². The minimum atomic E-state index is 0.858. The van der Waals surface area contributed by atoms with Gasteiger partial charge in [0.05, 0.1) is 0 Å². The molecule has 0 saturated carbocycles. The molecule has 0 radical (unpaired) electrons. The van der Waals surface area contributed by atoms with Gasteiger partial charge in [-0.2, -0.15) is 0 Å². The highest BCUT2D eigenvalue weighted by Gasteiger charge is 1.94. The van der Waals surface area contributed by atoms with Crippen LogP contribution in [0, 0.1) is 0 Å². The maximum absolute atomic E-state index is 5.48. The first-order valence-electron chi connectivity index (χ1n) is 8.02. The van der Waals surface area contributed by atoms with Crippen molar-refractivity contribution in [2.75, 3.05) is 6.54 Å². The first-order chi connectivity index (χ1) is 9.43. The van der Waals surface area contributed by atoms with Crippen LogP contribution >= 0.6 is 0 Å². The molecule has 2 N–H and O–H groups in total. The standard InChI is InChI=1S/C17H30N2/c18-14-10-8-6-4-2-1-3-5-7-9-12-17-13-11-15-19-16-17/h11,13,15-16H,1-10,12,14,18H2. The quantitative estimate of drug-likeness (QED) is 0.564.